The summed E-state index contributed by atoms with van der Waals surface area (Å²) in [5, 5.41) is 23.7. The zero-order chi connectivity index (χ0) is 24.1. The summed E-state index contributed by atoms with van der Waals surface area (Å²) in [7, 11) is 1.39. The van der Waals surface area contributed by atoms with Crippen molar-refractivity contribution in [2.75, 3.05) is 12.0 Å². The van der Waals surface area contributed by atoms with Crippen LogP contribution in [0.15, 0.2) is 63.6 Å². The van der Waals surface area contributed by atoms with Gasteiger partial charge in [0.2, 0.25) is 5.78 Å². The Labute approximate surface area is 214 Å². The number of carbonyl (C=O) groups excluding carboxylic acids is 2. The van der Waals surface area contributed by atoms with Crippen LogP contribution in [0.2, 0.25) is 5.02 Å². The summed E-state index contributed by atoms with van der Waals surface area (Å²) in [6.07, 6.45) is 0. The number of aromatic nitrogens is 1. The highest BCUT2D eigenvalue weighted by Crippen LogP contribution is 2.47. The fraction of sp³-hybridized carbons (Fsp3) is 0.0870. The summed E-state index contributed by atoms with van der Waals surface area (Å²) < 4.78 is 6.33. The van der Waals surface area contributed by atoms with Crippen LogP contribution in [0.3, 0.4) is 0 Å². The lowest BCUT2D eigenvalue weighted by Crippen LogP contribution is -2.31. The van der Waals surface area contributed by atoms with Gasteiger partial charge in [-0.05, 0) is 63.3 Å². The molecule has 11 heteroatoms. The maximum atomic E-state index is 13.4. The molecule has 1 unspecified atom stereocenters. The molecule has 1 atom stereocenters. The molecule has 0 radical (unpaired) electrons. The molecule has 2 N–H and O–H groups in total. The maximum Gasteiger partial charge on any atom is 0.296 e. The largest absolute Gasteiger partial charge is 0.503 e. The molecule has 2 aromatic heterocycles. The van der Waals surface area contributed by atoms with Crippen molar-refractivity contribution in [3.05, 3.63) is 79.1 Å². The first kappa shape index (κ1) is 22.9. The quantitative estimate of drug-likeness (QED) is 0.271. The summed E-state index contributed by atoms with van der Waals surface area (Å²) >= 11 is 11.8. The van der Waals surface area contributed by atoms with Crippen molar-refractivity contribution in [1.29, 1.82) is 0 Å². The first-order valence-corrected chi connectivity index (χ1v) is 12.6. The number of ether oxygens (including phenoxy) is 1. The Kier molecular flexibility index (Phi) is 5.85. The number of ketones is 1. The molecular weight excluding hydrogens is 564 g/mol. The lowest BCUT2D eigenvalue weighted by Gasteiger charge is -2.25. The van der Waals surface area contributed by atoms with Crippen molar-refractivity contribution in [2.24, 2.45) is 0 Å². The third-order valence-corrected chi connectivity index (χ3v) is 8.06. The Morgan fingerprint density at radius 3 is 2.74 bits per heavy atom. The van der Waals surface area contributed by atoms with Gasteiger partial charge in [-0.2, -0.15) is 0 Å². The summed E-state index contributed by atoms with van der Waals surface area (Å²) in [5.74, 6) is -1.86. The Morgan fingerprint density at radius 1 is 1.24 bits per heavy atom. The van der Waals surface area contributed by atoms with Crippen molar-refractivity contribution >= 4 is 77.2 Å². The van der Waals surface area contributed by atoms with Gasteiger partial charge in [-0.1, -0.05) is 29.0 Å². The third kappa shape index (κ3) is 3.67. The average molecular weight is 578 g/mol. The number of fused-ring (bicyclic) bond motifs is 1. The van der Waals surface area contributed by atoms with Crippen LogP contribution in [0.4, 0.5) is 5.13 Å². The van der Waals surface area contributed by atoms with E-state index in [4.69, 9.17) is 16.3 Å². The van der Waals surface area contributed by atoms with Gasteiger partial charge in [-0.15, -0.1) is 11.3 Å². The fourth-order valence-corrected chi connectivity index (χ4v) is 6.19. The van der Waals surface area contributed by atoms with E-state index in [0.717, 1.165) is 4.70 Å². The monoisotopic (exact) mass is 576 g/mol. The van der Waals surface area contributed by atoms with E-state index in [9.17, 15) is 19.8 Å². The molecule has 5 rings (SSSR count). The normalized spacial score (nSPS) is 16.0. The number of nitrogens with zero attached hydrogens (tertiary/aromatic N) is 2. The van der Waals surface area contributed by atoms with E-state index < -0.39 is 23.5 Å². The highest BCUT2D eigenvalue weighted by molar-refractivity contribution is 9.10. The standard InChI is InChI=1S/C23H14BrClN2O5S2/c1-32-14-8-10(7-12(24)19(14)28)18-17(20(29)15-3-2-6-33-15)21(30)22(31)27(18)23-26-13-5-4-11(25)9-16(13)34-23/h2-9,18,28,30H,1H3. The van der Waals surface area contributed by atoms with Gasteiger partial charge in [0.15, 0.2) is 22.4 Å². The molecule has 0 aliphatic carbocycles. The number of rotatable bonds is 5. The number of phenols is 1. The Balaban J connectivity index is 1.73. The number of Topliss-reactive ketones (excluding diaryl/α,β-unsaturated/α-hetero) is 1. The highest BCUT2D eigenvalue weighted by atomic mass is 79.9. The number of thiazole rings is 1. The van der Waals surface area contributed by atoms with E-state index in [1.54, 1.807) is 41.8 Å². The van der Waals surface area contributed by atoms with E-state index in [0.29, 0.717) is 25.5 Å². The van der Waals surface area contributed by atoms with Crippen LogP contribution in [0, 0.1) is 0 Å². The van der Waals surface area contributed by atoms with E-state index >= 15 is 0 Å². The zero-order valence-corrected chi connectivity index (χ0v) is 21.3. The molecule has 0 fully saturated rings. The second-order valence-corrected chi connectivity index (χ2v) is 10.6. The van der Waals surface area contributed by atoms with Crippen LogP contribution in [-0.4, -0.2) is 34.0 Å². The predicted octanol–water partition coefficient (Wildman–Crippen LogP) is 6.27. The van der Waals surface area contributed by atoms with Crippen LogP contribution < -0.4 is 9.64 Å². The van der Waals surface area contributed by atoms with Crippen LogP contribution >= 0.6 is 50.2 Å². The van der Waals surface area contributed by atoms with Gasteiger partial charge in [-0.25, -0.2) is 4.98 Å². The summed E-state index contributed by atoms with van der Waals surface area (Å²) in [6, 6.07) is 10.6. The SMILES string of the molecule is COc1cc(C2C(C(=O)c3cccs3)=C(O)C(=O)N2c2nc3ccc(Cl)cc3s2)cc(Br)c1O. The second kappa shape index (κ2) is 8.70. The molecule has 0 saturated carbocycles. The van der Waals surface area contributed by atoms with E-state index in [-0.39, 0.29) is 22.2 Å². The van der Waals surface area contributed by atoms with Gasteiger partial charge in [-0.3, -0.25) is 14.5 Å². The van der Waals surface area contributed by atoms with Gasteiger partial charge < -0.3 is 14.9 Å². The number of amides is 1. The van der Waals surface area contributed by atoms with E-state index in [2.05, 4.69) is 20.9 Å². The number of carbonyl (C=O) groups is 2. The summed E-state index contributed by atoms with van der Waals surface area (Å²) in [6.45, 7) is 0. The molecule has 0 saturated heterocycles. The van der Waals surface area contributed by atoms with Crippen molar-refractivity contribution in [3.8, 4) is 11.5 Å². The van der Waals surface area contributed by atoms with Crippen molar-refractivity contribution in [3.63, 3.8) is 0 Å². The minimum atomic E-state index is -1.01. The Hall–Kier alpha value is -2.92. The lowest BCUT2D eigenvalue weighted by atomic mass is 9.95. The first-order valence-electron chi connectivity index (χ1n) is 9.77. The maximum absolute atomic E-state index is 13.4. The van der Waals surface area contributed by atoms with Gasteiger partial charge in [0.05, 0.1) is 38.3 Å². The summed E-state index contributed by atoms with van der Waals surface area (Å²) in [5.41, 5.74) is 0.985. The number of methoxy groups -OCH3 is 1. The Bertz CT molecular complexity index is 1500. The van der Waals surface area contributed by atoms with Crippen molar-refractivity contribution in [1.82, 2.24) is 4.98 Å². The van der Waals surface area contributed by atoms with Gasteiger partial charge in [0.25, 0.3) is 5.91 Å². The van der Waals surface area contributed by atoms with Crippen molar-refractivity contribution in [2.45, 2.75) is 6.04 Å². The van der Waals surface area contributed by atoms with E-state index in [1.165, 1.54) is 40.7 Å². The number of aromatic hydroxyl groups is 1. The first-order chi connectivity index (χ1) is 16.3. The molecule has 0 bridgehead atoms. The lowest BCUT2D eigenvalue weighted by molar-refractivity contribution is -0.117. The number of benzene rings is 2. The molecule has 34 heavy (non-hydrogen) atoms. The minimum Gasteiger partial charge on any atom is -0.503 e. The molecule has 1 amide bonds. The second-order valence-electron chi connectivity index (χ2n) is 7.31. The molecule has 1 aliphatic heterocycles. The number of halogens is 2. The van der Waals surface area contributed by atoms with Crippen LogP contribution in [0.1, 0.15) is 21.3 Å². The molecule has 3 heterocycles. The number of aliphatic hydroxyl groups excluding tert-OH is 1. The number of hydrogen-bond acceptors (Lipinski definition) is 8. The minimum absolute atomic E-state index is 0.0793. The molecule has 2 aromatic carbocycles. The predicted molar refractivity (Wildman–Crippen MR) is 136 cm³/mol. The molecular formula is C23H14BrClN2O5S2. The fourth-order valence-electron chi connectivity index (χ4n) is 3.79. The van der Waals surface area contributed by atoms with Crippen LogP contribution in [0.25, 0.3) is 10.2 Å². The zero-order valence-electron chi connectivity index (χ0n) is 17.3. The molecule has 7 nitrogen and oxygen atoms in total. The number of thiophene rings is 1. The third-order valence-electron chi connectivity index (χ3n) is 5.33. The van der Waals surface area contributed by atoms with E-state index in [1.807, 2.05) is 0 Å². The van der Waals surface area contributed by atoms with Gasteiger partial charge in [0, 0.05) is 5.02 Å². The van der Waals surface area contributed by atoms with Crippen molar-refractivity contribution < 1.29 is 24.5 Å². The smallest absolute Gasteiger partial charge is 0.296 e. The van der Waals surface area contributed by atoms with Crippen LogP contribution in [0.5, 0.6) is 11.5 Å². The van der Waals surface area contributed by atoms with Crippen LogP contribution in [-0.2, 0) is 4.79 Å². The number of aliphatic hydroxyl groups is 1. The molecule has 4 aromatic rings. The number of anilines is 1. The van der Waals surface area contributed by atoms with Gasteiger partial charge in [0.1, 0.15) is 0 Å². The summed E-state index contributed by atoms with van der Waals surface area (Å²) in [4.78, 5) is 33.0. The molecule has 1 aliphatic rings. The average Bonchev–Trinajstić information content (AvgIpc) is 3.54. The number of hydrogen-bond donors (Lipinski definition) is 2. The van der Waals surface area contributed by atoms with Gasteiger partial charge >= 0.3 is 0 Å². The molecule has 0 spiro atoms. The number of phenolic OH excluding ortho intramolecular Hbond substituents is 1. The Morgan fingerprint density at radius 2 is 2.03 bits per heavy atom. The topological polar surface area (TPSA) is 100.0 Å². The molecule has 172 valence electrons. The highest BCUT2D eigenvalue weighted by Gasteiger charge is 2.46.